The number of carbonyl (C=O) groups is 1. The van der Waals surface area contributed by atoms with E-state index in [0.29, 0.717) is 5.69 Å². The van der Waals surface area contributed by atoms with E-state index in [4.69, 9.17) is 0 Å². The highest BCUT2D eigenvalue weighted by atomic mass is 32.2. The van der Waals surface area contributed by atoms with Crippen molar-refractivity contribution >= 4 is 27.3 Å². The van der Waals surface area contributed by atoms with Crippen LogP contribution in [0.25, 0.3) is 0 Å². The molecule has 0 spiro atoms. The first kappa shape index (κ1) is 19.4. The van der Waals surface area contributed by atoms with E-state index in [-0.39, 0.29) is 11.9 Å². The standard InChI is InChI=1S/C21H26N2O3S/c1-14-10-11-15(2)20(12-14)23(27(5,25)26)17(4)21(24)22-16(3)13-18-8-6-7-9-19(18)22/h6-12,16-17H,13H2,1-5H3/t16-,17-/m0/s1. The van der Waals surface area contributed by atoms with Crippen LogP contribution in [0.2, 0.25) is 0 Å². The van der Waals surface area contributed by atoms with Gasteiger partial charge in [-0.1, -0.05) is 30.3 Å². The molecule has 27 heavy (non-hydrogen) atoms. The average molecular weight is 387 g/mol. The van der Waals surface area contributed by atoms with Crippen molar-refractivity contribution in [3.63, 3.8) is 0 Å². The summed E-state index contributed by atoms with van der Waals surface area (Å²) < 4.78 is 26.5. The van der Waals surface area contributed by atoms with Gasteiger partial charge in [-0.25, -0.2) is 8.42 Å². The summed E-state index contributed by atoms with van der Waals surface area (Å²) in [6, 6.07) is 12.6. The summed E-state index contributed by atoms with van der Waals surface area (Å²) in [5.41, 5.74) is 4.31. The van der Waals surface area contributed by atoms with Crippen LogP contribution in [0.1, 0.15) is 30.5 Å². The molecule has 0 saturated carbocycles. The van der Waals surface area contributed by atoms with Gasteiger partial charge in [0, 0.05) is 11.7 Å². The molecule has 6 heteroatoms. The minimum atomic E-state index is -3.64. The minimum Gasteiger partial charge on any atom is -0.307 e. The van der Waals surface area contributed by atoms with Gasteiger partial charge in [0.15, 0.2) is 0 Å². The average Bonchev–Trinajstić information content (AvgIpc) is 2.92. The summed E-state index contributed by atoms with van der Waals surface area (Å²) in [5, 5.41) is 0. The molecule has 1 heterocycles. The molecule has 0 fully saturated rings. The molecular formula is C21H26N2O3S. The molecule has 0 saturated heterocycles. The number of para-hydroxylation sites is 1. The molecule has 1 aliphatic rings. The monoisotopic (exact) mass is 386 g/mol. The number of carbonyl (C=O) groups excluding carboxylic acids is 1. The van der Waals surface area contributed by atoms with Gasteiger partial charge in [0.2, 0.25) is 10.0 Å². The zero-order valence-corrected chi connectivity index (χ0v) is 17.2. The molecule has 2 aromatic rings. The number of rotatable bonds is 4. The number of hydrogen-bond acceptors (Lipinski definition) is 3. The number of sulfonamides is 1. The predicted molar refractivity (Wildman–Crippen MR) is 110 cm³/mol. The molecule has 0 radical (unpaired) electrons. The van der Waals surface area contributed by atoms with Gasteiger partial charge in [0.1, 0.15) is 6.04 Å². The van der Waals surface area contributed by atoms with Crippen LogP contribution in [0.4, 0.5) is 11.4 Å². The van der Waals surface area contributed by atoms with Crippen LogP contribution in [0.15, 0.2) is 42.5 Å². The van der Waals surface area contributed by atoms with E-state index in [1.165, 1.54) is 4.31 Å². The minimum absolute atomic E-state index is 0.00244. The van der Waals surface area contributed by atoms with Crippen molar-refractivity contribution in [2.75, 3.05) is 15.5 Å². The largest absolute Gasteiger partial charge is 0.307 e. The van der Waals surface area contributed by atoms with Crippen molar-refractivity contribution in [2.45, 2.75) is 46.2 Å². The molecule has 0 aliphatic carbocycles. The quantitative estimate of drug-likeness (QED) is 0.809. The summed E-state index contributed by atoms with van der Waals surface area (Å²) in [4.78, 5) is 15.1. The van der Waals surface area contributed by atoms with Gasteiger partial charge < -0.3 is 4.90 Å². The fraction of sp³-hybridized carbons (Fsp3) is 0.381. The summed E-state index contributed by atoms with van der Waals surface area (Å²) in [6.07, 6.45) is 1.93. The lowest BCUT2D eigenvalue weighted by Gasteiger charge is -2.34. The van der Waals surface area contributed by atoms with E-state index in [9.17, 15) is 13.2 Å². The number of amides is 1. The topological polar surface area (TPSA) is 57.7 Å². The molecule has 0 bridgehead atoms. The lowest BCUT2D eigenvalue weighted by atomic mass is 10.1. The Morgan fingerprint density at radius 1 is 1.19 bits per heavy atom. The van der Waals surface area contributed by atoms with Gasteiger partial charge in [0.25, 0.3) is 5.91 Å². The zero-order valence-electron chi connectivity index (χ0n) is 16.4. The molecule has 144 valence electrons. The van der Waals surface area contributed by atoms with Gasteiger partial charge in [-0.2, -0.15) is 0 Å². The second-order valence-corrected chi connectivity index (χ2v) is 9.27. The molecule has 1 aliphatic heterocycles. The Kier molecular flexibility index (Phi) is 5.04. The number of nitrogens with zero attached hydrogens (tertiary/aromatic N) is 2. The summed E-state index contributed by atoms with van der Waals surface area (Å²) in [5.74, 6) is -0.209. The van der Waals surface area contributed by atoms with E-state index < -0.39 is 16.1 Å². The number of anilines is 2. The van der Waals surface area contributed by atoms with Crippen molar-refractivity contribution in [3.8, 4) is 0 Å². The SMILES string of the molecule is Cc1ccc(C)c(N([C@@H](C)C(=O)N2c3ccccc3C[C@@H]2C)S(C)(=O)=O)c1. The zero-order chi connectivity index (χ0) is 19.9. The van der Waals surface area contributed by atoms with Crippen LogP contribution < -0.4 is 9.21 Å². The van der Waals surface area contributed by atoms with Crippen molar-refractivity contribution in [1.82, 2.24) is 0 Å². The maximum atomic E-state index is 13.4. The van der Waals surface area contributed by atoms with Gasteiger partial charge >= 0.3 is 0 Å². The normalized spacial score (nSPS) is 17.5. The van der Waals surface area contributed by atoms with Crippen LogP contribution in [0, 0.1) is 13.8 Å². The van der Waals surface area contributed by atoms with Crippen molar-refractivity contribution in [1.29, 1.82) is 0 Å². The second-order valence-electron chi connectivity index (χ2n) is 7.41. The van der Waals surface area contributed by atoms with Gasteiger partial charge in [-0.15, -0.1) is 0 Å². The summed E-state index contributed by atoms with van der Waals surface area (Å²) >= 11 is 0. The Labute approximate surface area is 161 Å². The van der Waals surface area contributed by atoms with Gasteiger partial charge in [-0.05, 0) is 62.9 Å². The number of hydrogen-bond donors (Lipinski definition) is 0. The predicted octanol–water partition coefficient (Wildman–Crippen LogP) is 3.44. The van der Waals surface area contributed by atoms with Gasteiger partial charge in [0.05, 0.1) is 11.9 Å². The Bertz CT molecular complexity index is 985. The Morgan fingerprint density at radius 3 is 2.52 bits per heavy atom. The van der Waals surface area contributed by atoms with E-state index in [1.54, 1.807) is 11.8 Å². The summed E-state index contributed by atoms with van der Waals surface area (Å²) in [6.45, 7) is 7.43. The molecule has 1 amide bonds. The molecule has 0 N–H and O–H groups in total. The third-order valence-electron chi connectivity index (χ3n) is 5.11. The molecule has 3 rings (SSSR count). The van der Waals surface area contributed by atoms with E-state index in [1.807, 2.05) is 63.2 Å². The van der Waals surface area contributed by atoms with Crippen molar-refractivity contribution in [2.24, 2.45) is 0 Å². The van der Waals surface area contributed by atoms with Crippen molar-refractivity contribution < 1.29 is 13.2 Å². The molecule has 0 unspecified atom stereocenters. The summed E-state index contributed by atoms with van der Waals surface area (Å²) in [7, 11) is -3.64. The molecule has 0 aromatic heterocycles. The highest BCUT2D eigenvalue weighted by Gasteiger charge is 2.38. The van der Waals surface area contributed by atoms with Crippen LogP contribution in [-0.4, -0.2) is 32.7 Å². The van der Waals surface area contributed by atoms with Gasteiger partial charge in [-0.3, -0.25) is 9.10 Å². The number of fused-ring (bicyclic) bond motifs is 1. The fourth-order valence-corrected chi connectivity index (χ4v) is 5.05. The van der Waals surface area contributed by atoms with E-state index >= 15 is 0 Å². The van der Waals surface area contributed by atoms with E-state index in [2.05, 4.69) is 0 Å². The third-order valence-corrected chi connectivity index (χ3v) is 6.34. The Balaban J connectivity index is 2.04. The molecular weight excluding hydrogens is 360 g/mol. The smallest absolute Gasteiger partial charge is 0.250 e. The van der Waals surface area contributed by atoms with Crippen LogP contribution in [0.3, 0.4) is 0 Å². The Hall–Kier alpha value is -2.34. The number of aryl methyl sites for hydroxylation is 2. The maximum absolute atomic E-state index is 13.4. The van der Waals surface area contributed by atoms with Crippen molar-refractivity contribution in [3.05, 3.63) is 59.2 Å². The maximum Gasteiger partial charge on any atom is 0.250 e. The molecule has 2 atom stereocenters. The lowest BCUT2D eigenvalue weighted by molar-refractivity contribution is -0.119. The lowest BCUT2D eigenvalue weighted by Crippen LogP contribution is -2.51. The first-order valence-electron chi connectivity index (χ1n) is 9.09. The first-order valence-corrected chi connectivity index (χ1v) is 10.9. The highest BCUT2D eigenvalue weighted by molar-refractivity contribution is 7.92. The molecule has 2 aromatic carbocycles. The molecule has 5 nitrogen and oxygen atoms in total. The fourth-order valence-electron chi connectivity index (χ4n) is 3.83. The van der Waals surface area contributed by atoms with Crippen LogP contribution in [-0.2, 0) is 21.2 Å². The van der Waals surface area contributed by atoms with E-state index in [0.717, 1.165) is 35.1 Å². The second kappa shape index (κ2) is 7.00. The first-order chi connectivity index (χ1) is 12.6. The number of benzene rings is 2. The van der Waals surface area contributed by atoms with Crippen LogP contribution >= 0.6 is 0 Å². The Morgan fingerprint density at radius 2 is 1.85 bits per heavy atom. The van der Waals surface area contributed by atoms with Crippen LogP contribution in [0.5, 0.6) is 0 Å². The highest BCUT2D eigenvalue weighted by Crippen LogP contribution is 2.34. The third kappa shape index (κ3) is 3.58.